The number of aliphatic carboxylic acids is 1. The largest absolute Gasteiger partial charge is 0.481 e. The zero-order valence-electron chi connectivity index (χ0n) is 9.12. The maximum absolute atomic E-state index is 11.2. The molecule has 0 heterocycles. The number of hydrogen-bond acceptors (Lipinski definition) is 1. The lowest BCUT2D eigenvalue weighted by atomic mass is 9.57. The van der Waals surface area contributed by atoms with Crippen molar-refractivity contribution in [1.82, 2.24) is 0 Å². The van der Waals surface area contributed by atoms with Crippen LogP contribution in [0.1, 0.15) is 46.0 Å². The molecule has 2 aliphatic rings. The van der Waals surface area contributed by atoms with Crippen molar-refractivity contribution in [3.63, 3.8) is 0 Å². The Morgan fingerprint density at radius 2 is 1.71 bits per heavy atom. The highest BCUT2D eigenvalue weighted by atomic mass is 16.4. The standard InChI is InChI=1S/C12H20O2/c1-12(2)6-8-4-3-5-9(7-12)10(8)11(13)14/h8-10H,3-7H2,1-2H3,(H,13,14). The summed E-state index contributed by atoms with van der Waals surface area (Å²) in [5.41, 5.74) is 0.377. The van der Waals surface area contributed by atoms with E-state index in [1.165, 1.54) is 6.42 Å². The average Bonchev–Trinajstić information content (AvgIpc) is 1.99. The van der Waals surface area contributed by atoms with E-state index in [1.807, 2.05) is 0 Å². The van der Waals surface area contributed by atoms with Crippen molar-refractivity contribution in [1.29, 1.82) is 0 Å². The molecule has 2 unspecified atom stereocenters. The van der Waals surface area contributed by atoms with E-state index in [-0.39, 0.29) is 5.92 Å². The Kier molecular flexibility index (Phi) is 2.32. The Hall–Kier alpha value is -0.530. The monoisotopic (exact) mass is 196 g/mol. The first kappa shape index (κ1) is 10.0. The summed E-state index contributed by atoms with van der Waals surface area (Å²) in [6.07, 6.45) is 5.74. The Bertz CT molecular complexity index is 229. The van der Waals surface area contributed by atoms with Crippen LogP contribution >= 0.6 is 0 Å². The molecule has 0 spiro atoms. The van der Waals surface area contributed by atoms with Gasteiger partial charge in [0.05, 0.1) is 5.92 Å². The summed E-state index contributed by atoms with van der Waals surface area (Å²) in [6.45, 7) is 4.58. The van der Waals surface area contributed by atoms with E-state index in [9.17, 15) is 9.90 Å². The average molecular weight is 196 g/mol. The summed E-state index contributed by atoms with van der Waals surface area (Å²) in [5, 5.41) is 9.21. The summed E-state index contributed by atoms with van der Waals surface area (Å²) in [6, 6.07) is 0. The molecule has 2 fully saturated rings. The molecule has 0 aromatic carbocycles. The van der Waals surface area contributed by atoms with Gasteiger partial charge in [-0.2, -0.15) is 0 Å². The summed E-state index contributed by atoms with van der Waals surface area (Å²) in [4.78, 5) is 11.2. The topological polar surface area (TPSA) is 37.3 Å². The second kappa shape index (κ2) is 3.25. The lowest BCUT2D eigenvalue weighted by Gasteiger charge is -2.47. The van der Waals surface area contributed by atoms with Crippen LogP contribution in [0.15, 0.2) is 0 Å². The molecule has 2 atom stereocenters. The van der Waals surface area contributed by atoms with Crippen molar-refractivity contribution in [2.75, 3.05) is 0 Å². The number of rotatable bonds is 1. The minimum absolute atomic E-state index is 0.0308. The molecule has 14 heavy (non-hydrogen) atoms. The van der Waals surface area contributed by atoms with Crippen LogP contribution in [0.4, 0.5) is 0 Å². The number of hydrogen-bond donors (Lipinski definition) is 1. The van der Waals surface area contributed by atoms with Crippen LogP contribution in [0.3, 0.4) is 0 Å². The molecular weight excluding hydrogens is 176 g/mol. The minimum Gasteiger partial charge on any atom is -0.481 e. The lowest BCUT2D eigenvalue weighted by Crippen LogP contribution is -2.43. The zero-order valence-corrected chi connectivity index (χ0v) is 9.12. The molecule has 2 aliphatic carbocycles. The van der Waals surface area contributed by atoms with Crippen molar-refractivity contribution < 1.29 is 9.90 Å². The van der Waals surface area contributed by atoms with Crippen molar-refractivity contribution in [2.24, 2.45) is 23.2 Å². The van der Waals surface area contributed by atoms with E-state index < -0.39 is 5.97 Å². The fraction of sp³-hybridized carbons (Fsp3) is 0.917. The third-order valence-corrected chi connectivity index (χ3v) is 4.08. The second-order valence-corrected chi connectivity index (χ2v) is 5.89. The van der Waals surface area contributed by atoms with Gasteiger partial charge in [-0.3, -0.25) is 4.79 Å². The third-order valence-electron chi connectivity index (χ3n) is 4.08. The summed E-state index contributed by atoms with van der Waals surface area (Å²) < 4.78 is 0. The molecule has 0 aliphatic heterocycles. The van der Waals surface area contributed by atoms with Crippen molar-refractivity contribution in [2.45, 2.75) is 46.0 Å². The van der Waals surface area contributed by atoms with Crippen LogP contribution < -0.4 is 0 Å². The van der Waals surface area contributed by atoms with E-state index in [0.29, 0.717) is 17.3 Å². The highest BCUT2D eigenvalue weighted by Gasteiger charge is 2.46. The fourth-order valence-electron chi connectivity index (χ4n) is 3.75. The smallest absolute Gasteiger partial charge is 0.307 e. The van der Waals surface area contributed by atoms with Gasteiger partial charge in [-0.05, 0) is 42.9 Å². The van der Waals surface area contributed by atoms with Gasteiger partial charge in [0.25, 0.3) is 0 Å². The van der Waals surface area contributed by atoms with Crippen LogP contribution in [0.2, 0.25) is 0 Å². The normalized spacial score (nSPS) is 40.6. The molecule has 2 nitrogen and oxygen atoms in total. The molecule has 0 radical (unpaired) electrons. The molecule has 0 aromatic heterocycles. The van der Waals surface area contributed by atoms with E-state index >= 15 is 0 Å². The molecule has 2 heteroatoms. The molecule has 2 saturated carbocycles. The van der Waals surface area contributed by atoms with Gasteiger partial charge in [0.15, 0.2) is 0 Å². The van der Waals surface area contributed by atoms with Crippen LogP contribution in [-0.2, 0) is 4.79 Å². The molecule has 2 bridgehead atoms. The van der Waals surface area contributed by atoms with E-state index in [4.69, 9.17) is 0 Å². The van der Waals surface area contributed by atoms with Gasteiger partial charge < -0.3 is 5.11 Å². The predicted octanol–water partition coefficient (Wildman–Crippen LogP) is 2.92. The van der Waals surface area contributed by atoms with Gasteiger partial charge in [-0.15, -0.1) is 0 Å². The van der Waals surface area contributed by atoms with E-state index in [2.05, 4.69) is 13.8 Å². The Balaban J connectivity index is 2.19. The van der Waals surface area contributed by atoms with E-state index in [1.54, 1.807) is 0 Å². The Morgan fingerprint density at radius 1 is 1.21 bits per heavy atom. The molecule has 0 amide bonds. The second-order valence-electron chi connectivity index (χ2n) is 5.89. The zero-order chi connectivity index (χ0) is 10.3. The van der Waals surface area contributed by atoms with Crippen molar-refractivity contribution >= 4 is 5.97 Å². The predicted molar refractivity (Wildman–Crippen MR) is 55.0 cm³/mol. The summed E-state index contributed by atoms with van der Waals surface area (Å²) in [5.74, 6) is 0.331. The number of carbonyl (C=O) groups is 1. The minimum atomic E-state index is -0.546. The first-order valence-corrected chi connectivity index (χ1v) is 5.72. The third kappa shape index (κ3) is 1.67. The number of carboxylic acid groups (broad SMARTS) is 1. The van der Waals surface area contributed by atoms with Crippen LogP contribution in [0.25, 0.3) is 0 Å². The molecule has 2 rings (SSSR count). The summed E-state index contributed by atoms with van der Waals surface area (Å²) >= 11 is 0. The van der Waals surface area contributed by atoms with Gasteiger partial charge >= 0.3 is 5.97 Å². The quantitative estimate of drug-likeness (QED) is 0.700. The summed E-state index contributed by atoms with van der Waals surface area (Å²) in [7, 11) is 0. The first-order chi connectivity index (χ1) is 6.49. The lowest BCUT2D eigenvalue weighted by molar-refractivity contribution is -0.151. The molecular formula is C12H20O2. The van der Waals surface area contributed by atoms with Crippen LogP contribution in [0.5, 0.6) is 0 Å². The van der Waals surface area contributed by atoms with Crippen molar-refractivity contribution in [3.05, 3.63) is 0 Å². The fourth-order valence-corrected chi connectivity index (χ4v) is 3.75. The highest BCUT2D eigenvalue weighted by Crippen LogP contribution is 2.51. The van der Waals surface area contributed by atoms with E-state index in [0.717, 1.165) is 25.7 Å². The maximum atomic E-state index is 11.2. The molecule has 0 saturated heterocycles. The van der Waals surface area contributed by atoms with Gasteiger partial charge in [-0.1, -0.05) is 20.3 Å². The molecule has 1 N–H and O–H groups in total. The van der Waals surface area contributed by atoms with Gasteiger partial charge in [0.1, 0.15) is 0 Å². The van der Waals surface area contributed by atoms with Gasteiger partial charge in [-0.25, -0.2) is 0 Å². The number of carboxylic acids is 1. The number of fused-ring (bicyclic) bond motifs is 2. The van der Waals surface area contributed by atoms with Crippen LogP contribution in [0, 0.1) is 23.2 Å². The molecule has 0 aromatic rings. The first-order valence-electron chi connectivity index (χ1n) is 5.72. The Morgan fingerprint density at radius 3 is 2.14 bits per heavy atom. The SMILES string of the molecule is CC1(C)CC2CCCC(C1)C2C(=O)O. The highest BCUT2D eigenvalue weighted by molar-refractivity contribution is 5.71. The molecule has 80 valence electrons. The van der Waals surface area contributed by atoms with Gasteiger partial charge in [0.2, 0.25) is 0 Å². The van der Waals surface area contributed by atoms with Crippen molar-refractivity contribution in [3.8, 4) is 0 Å². The Labute approximate surface area is 85.7 Å². The van der Waals surface area contributed by atoms with Gasteiger partial charge in [0, 0.05) is 0 Å². The maximum Gasteiger partial charge on any atom is 0.307 e. The van der Waals surface area contributed by atoms with Crippen LogP contribution in [-0.4, -0.2) is 11.1 Å².